The molecular weight excluding hydrogens is 208 g/mol. The Morgan fingerprint density at radius 2 is 2.13 bits per heavy atom. The summed E-state index contributed by atoms with van der Waals surface area (Å²) < 4.78 is 0. The molecule has 0 aliphatic carbocycles. The van der Waals surface area contributed by atoms with Crippen LogP contribution in [-0.2, 0) is 6.54 Å². The molecule has 1 aliphatic heterocycles. The molecular formula is C11H16N2OS. The number of aryl methyl sites for hydroxylation is 1. The van der Waals surface area contributed by atoms with Gasteiger partial charge in [0.25, 0.3) is 0 Å². The van der Waals surface area contributed by atoms with Crippen LogP contribution < -0.4 is 0 Å². The molecule has 0 amide bonds. The molecule has 2 rings (SSSR count). The average Bonchev–Trinajstić information content (AvgIpc) is 2.75. The minimum absolute atomic E-state index is 0.137. The van der Waals surface area contributed by atoms with Crippen LogP contribution >= 0.6 is 11.3 Å². The van der Waals surface area contributed by atoms with E-state index in [-0.39, 0.29) is 5.78 Å². The molecule has 0 spiro atoms. The van der Waals surface area contributed by atoms with Crippen molar-refractivity contribution in [2.45, 2.75) is 33.2 Å². The molecule has 0 radical (unpaired) electrons. The van der Waals surface area contributed by atoms with E-state index in [2.05, 4.69) is 9.88 Å². The van der Waals surface area contributed by atoms with E-state index in [1.807, 2.05) is 6.92 Å². The number of rotatable bonds is 3. The zero-order valence-electron chi connectivity index (χ0n) is 9.25. The van der Waals surface area contributed by atoms with E-state index in [9.17, 15) is 4.79 Å². The highest BCUT2D eigenvalue weighted by atomic mass is 32.1. The van der Waals surface area contributed by atoms with Crippen molar-refractivity contribution in [1.29, 1.82) is 0 Å². The van der Waals surface area contributed by atoms with E-state index < -0.39 is 0 Å². The lowest BCUT2D eigenvalue weighted by molar-refractivity contribution is 0.102. The number of carbonyl (C=O) groups is 1. The quantitative estimate of drug-likeness (QED) is 0.738. The van der Waals surface area contributed by atoms with E-state index >= 15 is 0 Å². The summed E-state index contributed by atoms with van der Waals surface area (Å²) in [4.78, 5) is 19.0. The van der Waals surface area contributed by atoms with Gasteiger partial charge in [0.15, 0.2) is 5.78 Å². The zero-order valence-corrected chi connectivity index (χ0v) is 10.1. The van der Waals surface area contributed by atoms with E-state index in [0.29, 0.717) is 0 Å². The van der Waals surface area contributed by atoms with Crippen LogP contribution in [0.2, 0.25) is 0 Å². The summed E-state index contributed by atoms with van der Waals surface area (Å²) in [5.41, 5.74) is 0.890. The van der Waals surface area contributed by atoms with E-state index in [1.54, 1.807) is 18.3 Å². The first-order chi connectivity index (χ1) is 7.16. The number of hydrogen-bond acceptors (Lipinski definition) is 4. The Bertz CT molecular complexity index is 367. The van der Waals surface area contributed by atoms with Gasteiger partial charge in [-0.1, -0.05) is 0 Å². The summed E-state index contributed by atoms with van der Waals surface area (Å²) in [5, 5.41) is 1.08. The van der Waals surface area contributed by atoms with Crippen molar-refractivity contribution in [1.82, 2.24) is 9.88 Å². The first-order valence-electron chi connectivity index (χ1n) is 5.36. The Hall–Kier alpha value is -0.740. The van der Waals surface area contributed by atoms with Gasteiger partial charge in [-0.2, -0.15) is 0 Å². The molecule has 0 aromatic carbocycles. The molecule has 0 N–H and O–H groups in total. The number of nitrogens with zero attached hydrogens (tertiary/aromatic N) is 2. The van der Waals surface area contributed by atoms with Gasteiger partial charge < -0.3 is 0 Å². The van der Waals surface area contributed by atoms with Gasteiger partial charge in [0.05, 0.1) is 17.1 Å². The molecule has 1 aliphatic rings. The van der Waals surface area contributed by atoms with Crippen molar-refractivity contribution in [2.75, 3.05) is 13.1 Å². The second-order valence-electron chi connectivity index (χ2n) is 4.06. The number of aromatic nitrogens is 1. The maximum atomic E-state index is 11.3. The molecule has 0 atom stereocenters. The van der Waals surface area contributed by atoms with Gasteiger partial charge in [-0.3, -0.25) is 9.69 Å². The van der Waals surface area contributed by atoms with E-state index in [1.165, 1.54) is 25.9 Å². The second-order valence-corrected chi connectivity index (χ2v) is 5.15. The van der Waals surface area contributed by atoms with Crippen LogP contribution in [0.25, 0.3) is 0 Å². The standard InChI is InChI=1S/C11H16N2OS/c1-8-11(9(2)14)15-10(12-8)7-13-5-3-4-6-13/h3-7H2,1-2H3. The van der Waals surface area contributed by atoms with Gasteiger partial charge >= 0.3 is 0 Å². The van der Waals surface area contributed by atoms with Gasteiger partial charge in [-0.15, -0.1) is 11.3 Å². The van der Waals surface area contributed by atoms with Crippen LogP contribution in [0.5, 0.6) is 0 Å². The SMILES string of the molecule is CC(=O)c1sc(CN2CCCC2)nc1C. The largest absolute Gasteiger partial charge is 0.297 e. The summed E-state index contributed by atoms with van der Waals surface area (Å²) in [6.07, 6.45) is 2.59. The van der Waals surface area contributed by atoms with Gasteiger partial charge in [0, 0.05) is 6.92 Å². The molecule has 1 aromatic heterocycles. The number of likely N-dealkylation sites (tertiary alicyclic amines) is 1. The van der Waals surface area contributed by atoms with Crippen LogP contribution in [0.15, 0.2) is 0 Å². The molecule has 82 valence electrons. The smallest absolute Gasteiger partial charge is 0.171 e. The second kappa shape index (κ2) is 4.41. The predicted molar refractivity (Wildman–Crippen MR) is 61.4 cm³/mol. The summed E-state index contributed by atoms with van der Waals surface area (Å²) >= 11 is 1.55. The third-order valence-corrected chi connectivity index (χ3v) is 3.96. The number of hydrogen-bond donors (Lipinski definition) is 0. The fourth-order valence-corrected chi connectivity index (χ4v) is 2.98. The molecule has 2 heterocycles. The summed E-state index contributed by atoms with van der Waals surface area (Å²) in [6.45, 7) is 6.79. The van der Waals surface area contributed by atoms with E-state index in [0.717, 1.165) is 22.1 Å². The van der Waals surface area contributed by atoms with Crippen molar-refractivity contribution in [3.8, 4) is 0 Å². The Morgan fingerprint density at radius 1 is 1.47 bits per heavy atom. The fourth-order valence-electron chi connectivity index (χ4n) is 1.98. The fraction of sp³-hybridized carbons (Fsp3) is 0.636. The number of thiazole rings is 1. The number of carbonyl (C=O) groups excluding carboxylic acids is 1. The Morgan fingerprint density at radius 3 is 2.67 bits per heavy atom. The molecule has 0 saturated carbocycles. The lowest BCUT2D eigenvalue weighted by Crippen LogP contribution is -2.18. The molecule has 3 nitrogen and oxygen atoms in total. The van der Waals surface area contributed by atoms with Gasteiger partial charge in [0.1, 0.15) is 5.01 Å². The summed E-state index contributed by atoms with van der Waals surface area (Å²) in [7, 11) is 0. The predicted octanol–water partition coefficient (Wildman–Crippen LogP) is 2.25. The van der Waals surface area contributed by atoms with Crippen LogP contribution in [0.3, 0.4) is 0 Å². The molecule has 0 bridgehead atoms. The van der Waals surface area contributed by atoms with Gasteiger partial charge in [-0.25, -0.2) is 4.98 Å². The summed E-state index contributed by atoms with van der Waals surface area (Å²) in [5.74, 6) is 0.137. The maximum Gasteiger partial charge on any atom is 0.171 e. The Balaban J connectivity index is 2.08. The molecule has 1 fully saturated rings. The van der Waals surface area contributed by atoms with Crippen molar-refractivity contribution >= 4 is 17.1 Å². The Labute approximate surface area is 94.1 Å². The minimum Gasteiger partial charge on any atom is -0.297 e. The third kappa shape index (κ3) is 2.44. The molecule has 4 heteroatoms. The van der Waals surface area contributed by atoms with Crippen molar-refractivity contribution in [3.05, 3.63) is 15.6 Å². The topological polar surface area (TPSA) is 33.2 Å². The lowest BCUT2D eigenvalue weighted by Gasteiger charge is -2.11. The minimum atomic E-state index is 0.137. The Kier molecular flexibility index (Phi) is 3.17. The number of ketones is 1. The highest BCUT2D eigenvalue weighted by Gasteiger charge is 2.16. The summed E-state index contributed by atoms with van der Waals surface area (Å²) in [6, 6.07) is 0. The highest BCUT2D eigenvalue weighted by Crippen LogP contribution is 2.21. The molecule has 1 aromatic rings. The van der Waals surface area contributed by atoms with Crippen molar-refractivity contribution < 1.29 is 4.79 Å². The van der Waals surface area contributed by atoms with Crippen LogP contribution in [-0.4, -0.2) is 28.8 Å². The normalized spacial score (nSPS) is 17.2. The average molecular weight is 224 g/mol. The first-order valence-corrected chi connectivity index (χ1v) is 6.18. The lowest BCUT2D eigenvalue weighted by atomic mass is 10.3. The zero-order chi connectivity index (χ0) is 10.8. The van der Waals surface area contributed by atoms with Crippen molar-refractivity contribution in [2.24, 2.45) is 0 Å². The third-order valence-electron chi connectivity index (χ3n) is 2.72. The van der Waals surface area contributed by atoms with Crippen LogP contribution in [0.1, 0.15) is 40.1 Å². The highest BCUT2D eigenvalue weighted by molar-refractivity contribution is 7.13. The van der Waals surface area contributed by atoms with Crippen LogP contribution in [0.4, 0.5) is 0 Å². The number of Topliss-reactive ketones (excluding diaryl/α,β-unsaturated/α-hetero) is 1. The monoisotopic (exact) mass is 224 g/mol. The van der Waals surface area contributed by atoms with Gasteiger partial charge in [0.2, 0.25) is 0 Å². The first kappa shape index (κ1) is 10.8. The maximum absolute atomic E-state index is 11.3. The molecule has 1 saturated heterocycles. The molecule has 0 unspecified atom stereocenters. The van der Waals surface area contributed by atoms with Gasteiger partial charge in [-0.05, 0) is 32.9 Å². The van der Waals surface area contributed by atoms with Crippen molar-refractivity contribution in [3.63, 3.8) is 0 Å². The van der Waals surface area contributed by atoms with Crippen LogP contribution in [0, 0.1) is 6.92 Å². The van der Waals surface area contributed by atoms with E-state index in [4.69, 9.17) is 0 Å². The molecule has 15 heavy (non-hydrogen) atoms.